The molecule has 2 aromatic carbocycles. The van der Waals surface area contributed by atoms with Crippen LogP contribution in [0.5, 0.6) is 0 Å². The monoisotopic (exact) mass is 485 g/mol. The number of hydrogen-bond acceptors (Lipinski definition) is 9. The lowest BCUT2D eigenvalue weighted by molar-refractivity contribution is -0.384. The van der Waals surface area contributed by atoms with Gasteiger partial charge in [0.25, 0.3) is 5.69 Å². The molecule has 0 saturated carbocycles. The molecule has 0 aliphatic rings. The van der Waals surface area contributed by atoms with Crippen molar-refractivity contribution in [1.82, 2.24) is 29.8 Å². The smallest absolute Gasteiger partial charge is 0.269 e. The van der Waals surface area contributed by atoms with Crippen LogP contribution in [0, 0.1) is 10.1 Å². The molecule has 2 heterocycles. The minimum absolute atomic E-state index is 0.00214. The van der Waals surface area contributed by atoms with Gasteiger partial charge in [0.05, 0.1) is 16.7 Å². The summed E-state index contributed by atoms with van der Waals surface area (Å²) < 4.78 is 7.36. The molecule has 12 heteroatoms. The van der Waals surface area contributed by atoms with Crippen LogP contribution in [0.4, 0.5) is 5.69 Å². The quantitative estimate of drug-likeness (QED) is 0.197. The number of nitro benzene ring substituents is 1. The Labute approximate surface area is 198 Å². The maximum absolute atomic E-state index is 10.8. The maximum Gasteiger partial charge on any atom is 0.269 e. The Morgan fingerprint density at radius 2 is 1.85 bits per heavy atom. The molecule has 0 amide bonds. The first kappa shape index (κ1) is 22.9. The largest absolute Gasteiger partial charge is 0.338 e. The molecular formula is C21H20ClN7O3S. The second-order valence-electron chi connectivity index (χ2n) is 7.40. The zero-order valence-corrected chi connectivity index (χ0v) is 19.6. The summed E-state index contributed by atoms with van der Waals surface area (Å²) in [5, 5.41) is 24.9. The predicted molar refractivity (Wildman–Crippen MR) is 124 cm³/mol. The van der Waals surface area contributed by atoms with Crippen LogP contribution < -0.4 is 0 Å². The lowest BCUT2D eigenvalue weighted by atomic mass is 10.2. The minimum atomic E-state index is -0.454. The Morgan fingerprint density at radius 1 is 1.15 bits per heavy atom. The van der Waals surface area contributed by atoms with E-state index in [-0.39, 0.29) is 11.7 Å². The second kappa shape index (κ2) is 9.69. The fourth-order valence-electron chi connectivity index (χ4n) is 3.00. The van der Waals surface area contributed by atoms with Crippen LogP contribution in [-0.2, 0) is 5.75 Å². The lowest BCUT2D eigenvalue weighted by Gasteiger charge is -2.20. The third-order valence-electron chi connectivity index (χ3n) is 5.02. The molecule has 0 fully saturated rings. The van der Waals surface area contributed by atoms with E-state index in [4.69, 9.17) is 16.1 Å². The normalized spacial score (nSPS) is 12.3. The third kappa shape index (κ3) is 5.05. The standard InChI is InChI=1S/C21H20ClN7O3S/c1-13(27(2)3)20-24-25-21(28(20)16-10-6-15(22)7-11-16)33-12-18-23-19(26-32-18)14-4-8-17(9-5-14)29(30)31/h4-11,13H,12H2,1-3H3. The topological polar surface area (TPSA) is 116 Å². The summed E-state index contributed by atoms with van der Waals surface area (Å²) in [5.41, 5.74) is 1.53. The highest BCUT2D eigenvalue weighted by molar-refractivity contribution is 7.98. The molecule has 0 aliphatic heterocycles. The van der Waals surface area contributed by atoms with Gasteiger partial charge in [0.15, 0.2) is 11.0 Å². The highest BCUT2D eigenvalue weighted by Gasteiger charge is 2.22. The number of nitro groups is 1. The predicted octanol–water partition coefficient (Wildman–Crippen LogP) is 4.79. The molecule has 0 saturated heterocycles. The average molecular weight is 486 g/mol. The van der Waals surface area contributed by atoms with E-state index in [2.05, 4.69) is 32.2 Å². The van der Waals surface area contributed by atoms with Crippen molar-refractivity contribution >= 4 is 29.1 Å². The van der Waals surface area contributed by atoms with E-state index >= 15 is 0 Å². The average Bonchev–Trinajstić information content (AvgIpc) is 3.45. The molecule has 1 atom stereocenters. The highest BCUT2D eigenvalue weighted by atomic mass is 35.5. The molecule has 2 aromatic heterocycles. The number of benzene rings is 2. The zero-order chi connectivity index (χ0) is 23.5. The van der Waals surface area contributed by atoms with E-state index in [1.54, 1.807) is 12.1 Å². The minimum Gasteiger partial charge on any atom is -0.338 e. The number of non-ortho nitro benzene ring substituents is 1. The van der Waals surface area contributed by atoms with Gasteiger partial charge in [0.1, 0.15) is 0 Å². The van der Waals surface area contributed by atoms with Crippen LogP contribution in [-0.4, -0.2) is 48.8 Å². The van der Waals surface area contributed by atoms with E-state index in [0.29, 0.717) is 33.2 Å². The Hall–Kier alpha value is -3.28. The summed E-state index contributed by atoms with van der Waals surface area (Å²) >= 11 is 7.49. The molecule has 0 N–H and O–H groups in total. The van der Waals surface area contributed by atoms with Gasteiger partial charge in [-0.05, 0) is 57.4 Å². The van der Waals surface area contributed by atoms with Gasteiger partial charge >= 0.3 is 0 Å². The molecule has 10 nitrogen and oxygen atoms in total. The SMILES string of the molecule is CC(c1nnc(SCc2nc(-c3ccc([N+](=O)[O-])cc3)no2)n1-c1ccc(Cl)cc1)N(C)C. The lowest BCUT2D eigenvalue weighted by Crippen LogP contribution is -2.20. The van der Waals surface area contributed by atoms with Crippen LogP contribution in [0.3, 0.4) is 0 Å². The van der Waals surface area contributed by atoms with Crippen molar-refractivity contribution < 1.29 is 9.45 Å². The van der Waals surface area contributed by atoms with Crippen LogP contribution in [0.1, 0.15) is 24.7 Å². The molecular weight excluding hydrogens is 466 g/mol. The number of rotatable bonds is 8. The van der Waals surface area contributed by atoms with E-state index in [0.717, 1.165) is 11.5 Å². The van der Waals surface area contributed by atoms with Gasteiger partial charge in [-0.15, -0.1) is 10.2 Å². The van der Waals surface area contributed by atoms with Crippen molar-refractivity contribution in [3.8, 4) is 17.1 Å². The molecule has 0 aliphatic carbocycles. The Morgan fingerprint density at radius 3 is 2.48 bits per heavy atom. The van der Waals surface area contributed by atoms with Gasteiger partial charge in [-0.3, -0.25) is 19.6 Å². The van der Waals surface area contributed by atoms with Crippen molar-refractivity contribution in [3.63, 3.8) is 0 Å². The molecule has 4 aromatic rings. The van der Waals surface area contributed by atoms with E-state index < -0.39 is 4.92 Å². The first-order valence-electron chi connectivity index (χ1n) is 9.91. The summed E-state index contributed by atoms with van der Waals surface area (Å²) in [4.78, 5) is 16.8. The van der Waals surface area contributed by atoms with Crippen molar-refractivity contribution in [1.29, 1.82) is 0 Å². The Kier molecular flexibility index (Phi) is 6.72. The number of halogens is 1. The van der Waals surface area contributed by atoms with Crippen LogP contribution in [0.15, 0.2) is 58.2 Å². The van der Waals surface area contributed by atoms with Gasteiger partial charge in [0.2, 0.25) is 11.7 Å². The fraction of sp³-hybridized carbons (Fsp3) is 0.238. The van der Waals surface area contributed by atoms with Gasteiger partial charge in [0, 0.05) is 28.4 Å². The van der Waals surface area contributed by atoms with E-state index in [9.17, 15) is 10.1 Å². The van der Waals surface area contributed by atoms with Gasteiger partial charge in [-0.2, -0.15) is 4.98 Å². The Balaban J connectivity index is 1.56. The number of hydrogen-bond donors (Lipinski definition) is 0. The molecule has 4 rings (SSSR count). The van der Waals surface area contributed by atoms with Gasteiger partial charge in [-0.1, -0.05) is 28.5 Å². The van der Waals surface area contributed by atoms with Gasteiger partial charge < -0.3 is 4.52 Å². The van der Waals surface area contributed by atoms with E-state index in [1.807, 2.05) is 42.9 Å². The summed E-state index contributed by atoms with van der Waals surface area (Å²) in [6.07, 6.45) is 0. The summed E-state index contributed by atoms with van der Waals surface area (Å²) in [7, 11) is 3.97. The molecule has 0 spiro atoms. The second-order valence-corrected chi connectivity index (χ2v) is 8.78. The molecule has 0 radical (unpaired) electrons. The van der Waals surface area contributed by atoms with Crippen LogP contribution >= 0.6 is 23.4 Å². The molecule has 170 valence electrons. The molecule has 33 heavy (non-hydrogen) atoms. The fourth-order valence-corrected chi connectivity index (χ4v) is 3.92. The zero-order valence-electron chi connectivity index (χ0n) is 18.0. The van der Waals surface area contributed by atoms with Crippen LogP contribution in [0.2, 0.25) is 5.02 Å². The highest BCUT2D eigenvalue weighted by Crippen LogP contribution is 2.29. The van der Waals surface area contributed by atoms with Crippen molar-refractivity contribution in [2.75, 3.05) is 14.1 Å². The van der Waals surface area contributed by atoms with Crippen LogP contribution in [0.25, 0.3) is 17.1 Å². The number of nitrogens with zero attached hydrogens (tertiary/aromatic N) is 7. The molecule has 1 unspecified atom stereocenters. The first-order chi connectivity index (χ1) is 15.8. The number of aromatic nitrogens is 5. The van der Waals surface area contributed by atoms with E-state index in [1.165, 1.54) is 23.9 Å². The van der Waals surface area contributed by atoms with Crippen molar-refractivity contribution in [2.45, 2.75) is 23.9 Å². The van der Waals surface area contributed by atoms with Crippen molar-refractivity contribution in [3.05, 3.63) is 75.4 Å². The molecule has 0 bridgehead atoms. The first-order valence-corrected chi connectivity index (χ1v) is 11.3. The Bertz CT molecular complexity index is 1260. The van der Waals surface area contributed by atoms with Gasteiger partial charge in [-0.25, -0.2) is 0 Å². The third-order valence-corrected chi connectivity index (χ3v) is 6.19. The van der Waals surface area contributed by atoms with Crippen molar-refractivity contribution in [2.24, 2.45) is 0 Å². The summed E-state index contributed by atoms with van der Waals surface area (Å²) in [6.45, 7) is 2.05. The summed E-state index contributed by atoms with van der Waals surface area (Å²) in [5.74, 6) is 1.94. The number of thioether (sulfide) groups is 1. The maximum atomic E-state index is 10.8. The summed E-state index contributed by atoms with van der Waals surface area (Å²) in [6, 6.07) is 13.5.